The van der Waals surface area contributed by atoms with Crippen LogP contribution in [0.15, 0.2) is 35.9 Å². The summed E-state index contributed by atoms with van der Waals surface area (Å²) in [6, 6.07) is 9.00. The normalized spacial score (nSPS) is 24.8. The van der Waals surface area contributed by atoms with Crippen molar-refractivity contribution < 1.29 is 27.5 Å². The standard InChI is InChI=1S/C29H40F3NO3/c1-5-22(18-21-10-7-6-8-11-21)24-19-25(24)33(27(35)29(30,31)32)23-16-14-20(15-17-23)12-9-13-26(34)36-28(2,3)4/h6-8,10-11,18,20,23-25H,5,9,12-17,19H2,1-4H3/b22-18+/t20?,23?,24-,25+/m0/s1. The maximum atomic E-state index is 13.6. The van der Waals surface area contributed by atoms with Crippen molar-refractivity contribution in [1.29, 1.82) is 0 Å². The molecule has 3 rings (SSSR count). The van der Waals surface area contributed by atoms with Gasteiger partial charge in [-0.05, 0) is 83.6 Å². The van der Waals surface area contributed by atoms with Crippen molar-refractivity contribution in [2.24, 2.45) is 11.8 Å². The predicted molar refractivity (Wildman–Crippen MR) is 135 cm³/mol. The van der Waals surface area contributed by atoms with E-state index >= 15 is 0 Å². The van der Waals surface area contributed by atoms with Gasteiger partial charge in [0, 0.05) is 24.4 Å². The fourth-order valence-corrected chi connectivity index (χ4v) is 5.50. The van der Waals surface area contributed by atoms with Crippen LogP contribution in [-0.4, -0.2) is 40.6 Å². The van der Waals surface area contributed by atoms with Crippen molar-refractivity contribution in [1.82, 2.24) is 4.90 Å². The average molecular weight is 508 g/mol. The van der Waals surface area contributed by atoms with Gasteiger partial charge in [0.05, 0.1) is 0 Å². The van der Waals surface area contributed by atoms with E-state index in [4.69, 9.17) is 4.74 Å². The van der Waals surface area contributed by atoms with Crippen LogP contribution < -0.4 is 0 Å². The topological polar surface area (TPSA) is 46.6 Å². The first-order chi connectivity index (χ1) is 16.9. The number of esters is 1. The molecule has 1 aromatic rings. The lowest BCUT2D eigenvalue weighted by molar-refractivity contribution is -0.189. The van der Waals surface area contributed by atoms with Crippen LogP contribution in [0, 0.1) is 11.8 Å². The van der Waals surface area contributed by atoms with Gasteiger partial charge in [-0.25, -0.2) is 0 Å². The van der Waals surface area contributed by atoms with Crippen LogP contribution in [0.25, 0.3) is 6.08 Å². The maximum absolute atomic E-state index is 13.6. The molecule has 0 saturated heterocycles. The van der Waals surface area contributed by atoms with E-state index in [1.807, 2.05) is 58.0 Å². The van der Waals surface area contributed by atoms with Crippen molar-refractivity contribution in [3.05, 3.63) is 41.5 Å². The summed E-state index contributed by atoms with van der Waals surface area (Å²) >= 11 is 0. The van der Waals surface area contributed by atoms with Crippen LogP contribution in [0.4, 0.5) is 13.2 Å². The van der Waals surface area contributed by atoms with E-state index < -0.39 is 17.7 Å². The highest BCUT2D eigenvalue weighted by atomic mass is 19.4. The van der Waals surface area contributed by atoms with E-state index in [9.17, 15) is 22.8 Å². The van der Waals surface area contributed by atoms with E-state index in [0.29, 0.717) is 38.0 Å². The Morgan fingerprint density at radius 1 is 1.06 bits per heavy atom. The third-order valence-corrected chi connectivity index (χ3v) is 7.25. The van der Waals surface area contributed by atoms with Gasteiger partial charge in [0.1, 0.15) is 5.60 Å². The minimum absolute atomic E-state index is 0.0203. The molecule has 2 saturated carbocycles. The fourth-order valence-electron chi connectivity index (χ4n) is 5.50. The second-order valence-corrected chi connectivity index (χ2v) is 11.3. The molecule has 0 aromatic heterocycles. The van der Waals surface area contributed by atoms with Gasteiger partial charge in [0.25, 0.3) is 0 Å². The molecule has 1 aromatic carbocycles. The molecule has 0 N–H and O–H groups in total. The Morgan fingerprint density at radius 3 is 2.25 bits per heavy atom. The number of nitrogens with zero attached hydrogens (tertiary/aromatic N) is 1. The number of carbonyl (C=O) groups excluding carboxylic acids is 2. The predicted octanol–water partition coefficient (Wildman–Crippen LogP) is 7.33. The van der Waals surface area contributed by atoms with E-state index in [1.54, 1.807) is 0 Å². The van der Waals surface area contributed by atoms with Crippen LogP contribution in [0.3, 0.4) is 0 Å². The van der Waals surface area contributed by atoms with Gasteiger partial charge in [0.15, 0.2) is 0 Å². The molecule has 0 spiro atoms. The molecule has 200 valence electrons. The average Bonchev–Trinajstić information content (AvgIpc) is 3.57. The number of hydrogen-bond acceptors (Lipinski definition) is 3. The van der Waals surface area contributed by atoms with Crippen molar-refractivity contribution in [3.8, 4) is 0 Å². The van der Waals surface area contributed by atoms with Gasteiger partial charge in [0.2, 0.25) is 0 Å². The summed E-state index contributed by atoms with van der Waals surface area (Å²) in [5, 5.41) is 0. The number of halogens is 3. The Balaban J connectivity index is 1.59. The number of benzene rings is 1. The molecule has 36 heavy (non-hydrogen) atoms. The SMILES string of the molecule is CC/C(=C\c1ccccc1)[C@@H]1C[C@H]1N(C(=O)C(F)(F)F)C1CCC(CCCC(=O)OC(C)(C)C)CC1. The first-order valence-corrected chi connectivity index (χ1v) is 13.3. The third-order valence-electron chi connectivity index (χ3n) is 7.25. The van der Waals surface area contributed by atoms with Gasteiger partial charge in [-0.1, -0.05) is 48.9 Å². The molecule has 0 bridgehead atoms. The second kappa shape index (κ2) is 11.8. The van der Waals surface area contributed by atoms with Crippen molar-refractivity contribution in [3.63, 3.8) is 0 Å². The van der Waals surface area contributed by atoms with Crippen molar-refractivity contribution >= 4 is 18.0 Å². The molecule has 4 nitrogen and oxygen atoms in total. The molecule has 2 fully saturated rings. The number of alkyl halides is 3. The lowest BCUT2D eigenvalue weighted by Gasteiger charge is -2.38. The smallest absolute Gasteiger partial charge is 0.460 e. The number of hydrogen-bond donors (Lipinski definition) is 0. The second-order valence-electron chi connectivity index (χ2n) is 11.3. The molecule has 7 heteroatoms. The lowest BCUT2D eigenvalue weighted by atomic mass is 9.82. The van der Waals surface area contributed by atoms with Gasteiger partial charge in [-0.3, -0.25) is 9.59 Å². The van der Waals surface area contributed by atoms with Crippen LogP contribution in [-0.2, 0) is 14.3 Å². The first kappa shape index (κ1) is 28.3. The summed E-state index contributed by atoms with van der Waals surface area (Å²) in [6.45, 7) is 7.53. The molecular weight excluding hydrogens is 467 g/mol. The van der Waals surface area contributed by atoms with E-state index in [0.717, 1.165) is 36.8 Å². The molecule has 0 heterocycles. The highest BCUT2D eigenvalue weighted by Crippen LogP contribution is 2.47. The maximum Gasteiger partial charge on any atom is 0.471 e. The van der Waals surface area contributed by atoms with Crippen molar-refractivity contribution in [2.75, 3.05) is 0 Å². The largest absolute Gasteiger partial charge is 0.471 e. The first-order valence-electron chi connectivity index (χ1n) is 13.3. The zero-order chi connectivity index (χ0) is 26.5. The van der Waals surface area contributed by atoms with E-state index in [1.165, 1.54) is 4.90 Å². The lowest BCUT2D eigenvalue weighted by Crippen LogP contribution is -2.50. The highest BCUT2D eigenvalue weighted by molar-refractivity contribution is 5.83. The van der Waals surface area contributed by atoms with Crippen LogP contribution in [0.2, 0.25) is 0 Å². The molecular formula is C29H40F3NO3. The molecule has 0 radical (unpaired) electrons. The summed E-state index contributed by atoms with van der Waals surface area (Å²) in [7, 11) is 0. The molecule has 2 aliphatic rings. The molecule has 1 amide bonds. The van der Waals surface area contributed by atoms with E-state index in [-0.39, 0.29) is 24.0 Å². The Kier molecular flexibility index (Phi) is 9.28. The minimum Gasteiger partial charge on any atom is -0.460 e. The summed E-state index contributed by atoms with van der Waals surface area (Å²) < 4.78 is 46.1. The molecule has 0 unspecified atom stereocenters. The van der Waals surface area contributed by atoms with Crippen LogP contribution >= 0.6 is 0 Å². The number of amides is 1. The Morgan fingerprint density at radius 2 is 1.69 bits per heavy atom. The molecule has 2 atom stereocenters. The quantitative estimate of drug-likeness (QED) is 0.329. The fraction of sp³-hybridized carbons (Fsp3) is 0.655. The summed E-state index contributed by atoms with van der Waals surface area (Å²) in [5.41, 5.74) is 1.63. The Hall–Kier alpha value is -2.31. The minimum atomic E-state index is -4.87. The Labute approximate surface area is 213 Å². The zero-order valence-corrected chi connectivity index (χ0v) is 21.9. The highest BCUT2D eigenvalue weighted by Gasteiger charge is 2.54. The summed E-state index contributed by atoms with van der Waals surface area (Å²) in [5.74, 6) is -1.56. The van der Waals surface area contributed by atoms with Crippen LogP contribution in [0.1, 0.15) is 91.0 Å². The number of rotatable bonds is 9. The molecule has 2 aliphatic carbocycles. The van der Waals surface area contributed by atoms with Crippen LogP contribution in [0.5, 0.6) is 0 Å². The summed E-state index contributed by atoms with van der Waals surface area (Å²) in [6.07, 6.45) is 3.14. The van der Waals surface area contributed by atoms with Gasteiger partial charge < -0.3 is 9.64 Å². The third kappa shape index (κ3) is 8.10. The zero-order valence-electron chi connectivity index (χ0n) is 21.9. The Bertz CT molecular complexity index is 912. The number of ether oxygens (including phenoxy) is 1. The number of carbonyl (C=O) groups is 2. The summed E-state index contributed by atoms with van der Waals surface area (Å²) in [4.78, 5) is 25.7. The monoisotopic (exact) mass is 507 g/mol. The van der Waals surface area contributed by atoms with E-state index in [2.05, 4.69) is 6.08 Å². The van der Waals surface area contributed by atoms with Gasteiger partial charge in [-0.2, -0.15) is 13.2 Å². The van der Waals surface area contributed by atoms with Crippen molar-refractivity contribution in [2.45, 2.75) is 109 Å². The van der Waals surface area contributed by atoms with Gasteiger partial charge >= 0.3 is 18.1 Å². The van der Waals surface area contributed by atoms with Gasteiger partial charge in [-0.15, -0.1) is 0 Å². The molecule has 0 aliphatic heterocycles.